The molecular formula is C21H30N2O3. The van der Waals surface area contributed by atoms with Crippen molar-refractivity contribution >= 4 is 11.6 Å². The molecule has 26 heavy (non-hydrogen) atoms. The molecule has 5 heteroatoms. The highest BCUT2D eigenvalue weighted by molar-refractivity contribution is 5.98. The largest absolute Gasteiger partial charge is 0.494 e. The predicted molar refractivity (Wildman–Crippen MR) is 102 cm³/mol. The molecule has 0 spiro atoms. The number of carbonyl (C=O) groups is 1. The molecule has 0 aromatic heterocycles. The molecule has 1 aliphatic carbocycles. The molecule has 1 fully saturated rings. The summed E-state index contributed by atoms with van der Waals surface area (Å²) in [5, 5.41) is 12.4. The van der Waals surface area contributed by atoms with Crippen molar-refractivity contribution in [1.29, 1.82) is 5.26 Å². The van der Waals surface area contributed by atoms with E-state index in [1.165, 1.54) is 0 Å². The highest BCUT2D eigenvalue weighted by Crippen LogP contribution is 2.37. The predicted octanol–water partition coefficient (Wildman–Crippen LogP) is 4.66. The average molecular weight is 358 g/mol. The monoisotopic (exact) mass is 358 g/mol. The first-order valence-electron chi connectivity index (χ1n) is 9.67. The minimum absolute atomic E-state index is 0.142. The van der Waals surface area contributed by atoms with Crippen LogP contribution in [0.25, 0.3) is 0 Å². The molecule has 2 atom stereocenters. The van der Waals surface area contributed by atoms with Crippen molar-refractivity contribution in [3.63, 3.8) is 0 Å². The Morgan fingerprint density at radius 1 is 1.35 bits per heavy atom. The van der Waals surface area contributed by atoms with Crippen molar-refractivity contribution in [3.8, 4) is 11.8 Å². The van der Waals surface area contributed by atoms with Crippen LogP contribution in [-0.4, -0.2) is 24.7 Å². The van der Waals surface area contributed by atoms with Crippen molar-refractivity contribution in [2.45, 2.75) is 64.9 Å². The van der Waals surface area contributed by atoms with Gasteiger partial charge in [0.2, 0.25) is 0 Å². The van der Waals surface area contributed by atoms with Crippen molar-refractivity contribution in [1.82, 2.24) is 0 Å². The number of benzene rings is 1. The normalized spacial score (nSPS) is 22.5. The summed E-state index contributed by atoms with van der Waals surface area (Å²) in [6, 6.07) is 7.35. The van der Waals surface area contributed by atoms with Crippen LogP contribution in [0.1, 0.15) is 64.9 Å². The van der Waals surface area contributed by atoms with Gasteiger partial charge >= 0.3 is 0 Å². The lowest BCUT2D eigenvalue weighted by atomic mass is 9.78. The van der Waals surface area contributed by atoms with Crippen LogP contribution in [0.5, 0.6) is 5.75 Å². The van der Waals surface area contributed by atoms with Gasteiger partial charge in [-0.15, -0.1) is 0 Å². The molecule has 1 N–H and O–H groups in total. The SMILES string of the molecule is CCCOc1ccc(NC(=O)[C@@]2(OCCC)CCC[C@@H](C)C2)c(C#N)c1. The first kappa shape index (κ1) is 20.3. The third-order valence-electron chi connectivity index (χ3n) is 4.78. The second-order valence-electron chi connectivity index (χ2n) is 7.17. The number of nitriles is 1. The molecule has 1 saturated carbocycles. The minimum atomic E-state index is -0.794. The van der Waals surface area contributed by atoms with E-state index in [0.717, 1.165) is 38.5 Å². The lowest BCUT2D eigenvalue weighted by Crippen LogP contribution is -2.48. The Labute approximate surface area is 156 Å². The van der Waals surface area contributed by atoms with Gasteiger partial charge in [0.1, 0.15) is 17.4 Å². The summed E-state index contributed by atoms with van der Waals surface area (Å²) in [5.41, 5.74) is 0.123. The van der Waals surface area contributed by atoms with Crippen LogP contribution in [0, 0.1) is 17.2 Å². The lowest BCUT2D eigenvalue weighted by Gasteiger charge is -2.38. The first-order valence-corrected chi connectivity index (χ1v) is 9.67. The highest BCUT2D eigenvalue weighted by Gasteiger charge is 2.42. The summed E-state index contributed by atoms with van der Waals surface area (Å²) in [6.07, 6.45) is 5.32. The van der Waals surface area contributed by atoms with E-state index in [1.54, 1.807) is 18.2 Å². The Hall–Kier alpha value is -2.06. The van der Waals surface area contributed by atoms with E-state index >= 15 is 0 Å². The van der Waals surface area contributed by atoms with E-state index in [9.17, 15) is 10.1 Å². The molecule has 0 radical (unpaired) electrons. The van der Waals surface area contributed by atoms with Crippen molar-refractivity contribution in [2.24, 2.45) is 5.92 Å². The zero-order valence-electron chi connectivity index (χ0n) is 16.1. The van der Waals surface area contributed by atoms with Crippen LogP contribution >= 0.6 is 0 Å². The number of hydrogen-bond donors (Lipinski definition) is 1. The average Bonchev–Trinajstić information content (AvgIpc) is 2.65. The van der Waals surface area contributed by atoms with Gasteiger partial charge in [0.05, 0.1) is 17.9 Å². The van der Waals surface area contributed by atoms with Gasteiger partial charge in [-0.1, -0.05) is 27.2 Å². The molecule has 0 heterocycles. The minimum Gasteiger partial charge on any atom is -0.494 e. The standard InChI is InChI=1S/C21H30N2O3/c1-4-11-25-18-8-9-19(17(13-18)15-22)23-20(24)21(26-12-5-2)10-6-7-16(3)14-21/h8-9,13,16H,4-7,10-12,14H2,1-3H3,(H,23,24)/t16-,21-/m1/s1. The molecule has 5 nitrogen and oxygen atoms in total. The maximum Gasteiger partial charge on any atom is 0.256 e. The van der Waals surface area contributed by atoms with E-state index in [4.69, 9.17) is 9.47 Å². The van der Waals surface area contributed by atoms with E-state index in [-0.39, 0.29) is 5.91 Å². The fourth-order valence-corrected chi connectivity index (χ4v) is 3.47. The van der Waals surface area contributed by atoms with Crippen LogP contribution < -0.4 is 10.1 Å². The number of nitrogens with one attached hydrogen (secondary N) is 1. The number of nitrogens with zero attached hydrogens (tertiary/aromatic N) is 1. The summed E-state index contributed by atoms with van der Waals surface area (Å²) in [6.45, 7) is 7.40. The quantitative estimate of drug-likeness (QED) is 0.733. The van der Waals surface area contributed by atoms with Gasteiger partial charge in [0, 0.05) is 6.61 Å². The summed E-state index contributed by atoms with van der Waals surface area (Å²) >= 11 is 0. The zero-order chi connectivity index (χ0) is 19.0. The summed E-state index contributed by atoms with van der Waals surface area (Å²) in [4.78, 5) is 13.1. The van der Waals surface area contributed by atoms with E-state index in [0.29, 0.717) is 36.1 Å². The van der Waals surface area contributed by atoms with Crippen LogP contribution in [0.4, 0.5) is 5.69 Å². The number of anilines is 1. The van der Waals surface area contributed by atoms with Gasteiger partial charge in [0.15, 0.2) is 0 Å². The van der Waals surface area contributed by atoms with Gasteiger partial charge in [-0.2, -0.15) is 5.26 Å². The maximum absolute atomic E-state index is 13.1. The van der Waals surface area contributed by atoms with Crippen LogP contribution in [0.15, 0.2) is 18.2 Å². The Morgan fingerprint density at radius 3 is 2.77 bits per heavy atom. The number of hydrogen-bond acceptors (Lipinski definition) is 4. The topological polar surface area (TPSA) is 71.3 Å². The lowest BCUT2D eigenvalue weighted by molar-refractivity contribution is -0.148. The maximum atomic E-state index is 13.1. The zero-order valence-corrected chi connectivity index (χ0v) is 16.1. The van der Waals surface area contributed by atoms with Gasteiger partial charge in [-0.3, -0.25) is 4.79 Å². The fourth-order valence-electron chi connectivity index (χ4n) is 3.47. The van der Waals surface area contributed by atoms with E-state index < -0.39 is 5.60 Å². The second kappa shape index (κ2) is 9.59. The van der Waals surface area contributed by atoms with Crippen LogP contribution in [0.2, 0.25) is 0 Å². The second-order valence-corrected chi connectivity index (χ2v) is 7.17. The number of carbonyl (C=O) groups excluding carboxylic acids is 1. The fraction of sp³-hybridized carbons (Fsp3) is 0.619. The van der Waals surface area contributed by atoms with Crippen LogP contribution in [0.3, 0.4) is 0 Å². The molecule has 0 aliphatic heterocycles. The van der Waals surface area contributed by atoms with Gasteiger partial charge in [0.25, 0.3) is 5.91 Å². The Kier molecular flexibility index (Phi) is 7.47. The van der Waals surface area contributed by atoms with Gasteiger partial charge in [-0.25, -0.2) is 0 Å². The smallest absolute Gasteiger partial charge is 0.256 e. The Morgan fingerprint density at radius 2 is 2.12 bits per heavy atom. The van der Waals surface area contributed by atoms with Crippen molar-refractivity contribution in [3.05, 3.63) is 23.8 Å². The summed E-state index contributed by atoms with van der Waals surface area (Å²) in [7, 11) is 0. The highest BCUT2D eigenvalue weighted by atomic mass is 16.5. The molecule has 0 saturated heterocycles. The first-order chi connectivity index (χ1) is 12.5. The molecule has 1 amide bonds. The van der Waals surface area contributed by atoms with Crippen molar-refractivity contribution < 1.29 is 14.3 Å². The van der Waals surface area contributed by atoms with E-state index in [1.807, 2.05) is 13.8 Å². The number of ether oxygens (including phenoxy) is 2. The third kappa shape index (κ3) is 4.98. The number of rotatable bonds is 8. The molecule has 0 unspecified atom stereocenters. The number of amides is 1. The molecular weight excluding hydrogens is 328 g/mol. The molecule has 142 valence electrons. The van der Waals surface area contributed by atoms with E-state index in [2.05, 4.69) is 18.3 Å². The molecule has 0 bridgehead atoms. The molecule has 1 aromatic carbocycles. The Balaban J connectivity index is 2.19. The molecule has 1 aliphatic rings. The van der Waals surface area contributed by atoms with Gasteiger partial charge < -0.3 is 14.8 Å². The third-order valence-corrected chi connectivity index (χ3v) is 4.78. The summed E-state index contributed by atoms with van der Waals surface area (Å²) in [5.74, 6) is 0.951. The van der Waals surface area contributed by atoms with Crippen LogP contribution in [-0.2, 0) is 9.53 Å². The van der Waals surface area contributed by atoms with Gasteiger partial charge in [-0.05, 0) is 56.2 Å². The molecule has 1 aromatic rings. The Bertz CT molecular complexity index is 653. The summed E-state index contributed by atoms with van der Waals surface area (Å²) < 4.78 is 11.6. The van der Waals surface area contributed by atoms with Crippen molar-refractivity contribution in [2.75, 3.05) is 18.5 Å². The molecule has 2 rings (SSSR count).